The van der Waals surface area contributed by atoms with Crippen molar-refractivity contribution in [2.24, 2.45) is 11.8 Å². The fourth-order valence-corrected chi connectivity index (χ4v) is 5.35. The predicted molar refractivity (Wildman–Crippen MR) is 126 cm³/mol. The van der Waals surface area contributed by atoms with Gasteiger partial charge in [0.05, 0.1) is 46.2 Å². The van der Waals surface area contributed by atoms with Gasteiger partial charge in [0.2, 0.25) is 6.29 Å². The number of fused-ring (bicyclic) bond motifs is 1. The highest BCUT2D eigenvalue weighted by Gasteiger charge is 2.49. The molecule has 0 aromatic heterocycles. The lowest BCUT2D eigenvalue weighted by atomic mass is 9.85. The van der Waals surface area contributed by atoms with Crippen LogP contribution in [0.15, 0.2) is 36.4 Å². The summed E-state index contributed by atoms with van der Waals surface area (Å²) in [5, 5.41) is 49.7. The Labute approximate surface area is 213 Å². The molecule has 0 saturated carbocycles. The van der Waals surface area contributed by atoms with Gasteiger partial charge in [-0.05, 0) is 35.4 Å². The summed E-state index contributed by atoms with van der Waals surface area (Å²) >= 11 is 0. The zero-order chi connectivity index (χ0) is 26.3. The number of hydrogen-bond donors (Lipinski definition) is 5. The van der Waals surface area contributed by atoms with Crippen LogP contribution in [0.5, 0.6) is 23.0 Å². The zero-order valence-corrected chi connectivity index (χ0v) is 20.5. The lowest BCUT2D eigenvalue weighted by molar-refractivity contribution is -0.277. The molecule has 202 valence electrons. The largest absolute Gasteiger partial charge is 0.504 e. The zero-order valence-electron chi connectivity index (χ0n) is 20.5. The molecule has 0 bridgehead atoms. The second-order valence-electron chi connectivity index (χ2n) is 9.49. The van der Waals surface area contributed by atoms with E-state index in [0.29, 0.717) is 24.7 Å². The summed E-state index contributed by atoms with van der Waals surface area (Å²) < 4.78 is 34.3. The number of ether oxygens (including phenoxy) is 6. The highest BCUT2D eigenvalue weighted by molar-refractivity contribution is 5.45. The molecule has 3 fully saturated rings. The summed E-state index contributed by atoms with van der Waals surface area (Å²) in [6.45, 7) is 0.436. The number of rotatable bonds is 7. The number of benzene rings is 2. The molecule has 2 aromatic carbocycles. The Bertz CT molecular complexity index is 1090. The molecule has 3 heterocycles. The lowest BCUT2D eigenvalue weighted by Gasteiger charge is -2.39. The van der Waals surface area contributed by atoms with Crippen LogP contribution < -0.4 is 14.2 Å². The van der Waals surface area contributed by atoms with Crippen LogP contribution in [0.2, 0.25) is 0 Å². The summed E-state index contributed by atoms with van der Waals surface area (Å²) in [5.41, 5.74) is 1.77. The van der Waals surface area contributed by atoms with Gasteiger partial charge in [0.25, 0.3) is 0 Å². The van der Waals surface area contributed by atoms with E-state index in [1.54, 1.807) is 24.3 Å². The average molecular weight is 521 g/mol. The maximum atomic E-state index is 10.3. The van der Waals surface area contributed by atoms with Crippen LogP contribution in [0, 0.1) is 11.8 Å². The van der Waals surface area contributed by atoms with Gasteiger partial charge < -0.3 is 54.0 Å². The maximum Gasteiger partial charge on any atom is 0.229 e. The van der Waals surface area contributed by atoms with Gasteiger partial charge >= 0.3 is 0 Å². The molecule has 0 spiro atoms. The van der Waals surface area contributed by atoms with Gasteiger partial charge in [-0.25, -0.2) is 0 Å². The van der Waals surface area contributed by atoms with Crippen LogP contribution >= 0.6 is 0 Å². The van der Waals surface area contributed by atoms with Crippen molar-refractivity contribution < 1.29 is 54.0 Å². The van der Waals surface area contributed by atoms with Gasteiger partial charge in [-0.1, -0.05) is 12.1 Å². The molecule has 5 rings (SSSR count). The molecule has 0 aliphatic carbocycles. The number of aliphatic hydroxyl groups is 4. The lowest BCUT2D eigenvalue weighted by Crippen LogP contribution is -2.60. The number of aliphatic hydroxyl groups excluding tert-OH is 4. The molecule has 9 atom stereocenters. The van der Waals surface area contributed by atoms with Crippen LogP contribution in [0.1, 0.15) is 23.3 Å². The van der Waals surface area contributed by atoms with Gasteiger partial charge in [0.1, 0.15) is 24.4 Å². The van der Waals surface area contributed by atoms with Crippen molar-refractivity contribution in [1.29, 1.82) is 0 Å². The third-order valence-corrected chi connectivity index (χ3v) is 7.40. The van der Waals surface area contributed by atoms with Gasteiger partial charge in [0, 0.05) is 11.8 Å². The summed E-state index contributed by atoms with van der Waals surface area (Å²) in [6, 6.07) is 10.5. The van der Waals surface area contributed by atoms with Crippen molar-refractivity contribution in [3.63, 3.8) is 0 Å². The minimum absolute atomic E-state index is 0.0689. The second kappa shape index (κ2) is 10.6. The molecule has 3 saturated heterocycles. The Morgan fingerprint density at radius 2 is 1.38 bits per heavy atom. The molecule has 0 amide bonds. The maximum absolute atomic E-state index is 10.3. The normalized spacial score (nSPS) is 35.2. The Morgan fingerprint density at radius 3 is 1.97 bits per heavy atom. The SMILES string of the molecule is COc1cc([C@@H]2OC[C@H]3[C@H]2CO[C@@H]3c2ccc(O[C@H]3O[C@H](CO)[C@@H](O)[C@H](O)[C@H]3O)c(OC)c2)ccc1O. The molecular formula is C26H32O11. The van der Waals surface area contributed by atoms with E-state index in [-0.39, 0.29) is 35.5 Å². The molecule has 11 nitrogen and oxygen atoms in total. The van der Waals surface area contributed by atoms with Crippen LogP contribution in [0.4, 0.5) is 0 Å². The van der Waals surface area contributed by atoms with Crippen molar-refractivity contribution in [2.45, 2.75) is 42.9 Å². The van der Waals surface area contributed by atoms with Crippen molar-refractivity contribution in [3.8, 4) is 23.0 Å². The van der Waals surface area contributed by atoms with Gasteiger partial charge in [-0.2, -0.15) is 0 Å². The van der Waals surface area contributed by atoms with E-state index in [1.165, 1.54) is 14.2 Å². The van der Waals surface area contributed by atoms with E-state index in [2.05, 4.69) is 0 Å². The van der Waals surface area contributed by atoms with E-state index >= 15 is 0 Å². The van der Waals surface area contributed by atoms with Gasteiger partial charge in [0.15, 0.2) is 23.0 Å². The third kappa shape index (κ3) is 4.72. The Balaban J connectivity index is 1.32. The van der Waals surface area contributed by atoms with E-state index in [9.17, 15) is 25.5 Å². The van der Waals surface area contributed by atoms with Crippen molar-refractivity contribution >= 4 is 0 Å². The van der Waals surface area contributed by atoms with Gasteiger partial charge in [-0.15, -0.1) is 0 Å². The molecule has 0 unspecified atom stereocenters. The van der Waals surface area contributed by atoms with E-state index in [0.717, 1.165) is 11.1 Å². The molecule has 2 aromatic rings. The third-order valence-electron chi connectivity index (χ3n) is 7.40. The predicted octanol–water partition coefficient (Wildman–Crippen LogP) is 0.663. The highest BCUT2D eigenvalue weighted by Crippen LogP contribution is 2.51. The van der Waals surface area contributed by atoms with E-state index in [4.69, 9.17) is 28.4 Å². The standard InChI is InChI=1S/C26H32O11/c1-32-18-7-12(3-5-16(18)28)24-14-10-35-25(15(14)11-34-24)13-4-6-17(19(8-13)33-2)36-26-23(31)22(30)21(29)20(9-27)37-26/h3-8,14-15,20-31H,9-11H2,1-2H3/t14-,15+,20-,21-,22+,23-,24+,25-,26+/m1/s1. The Morgan fingerprint density at radius 1 is 0.784 bits per heavy atom. The molecule has 11 heteroatoms. The average Bonchev–Trinajstić information content (AvgIpc) is 3.52. The molecular weight excluding hydrogens is 488 g/mol. The van der Waals surface area contributed by atoms with Crippen LogP contribution in [-0.4, -0.2) is 90.3 Å². The number of phenolic OH excluding ortho intramolecular Hbond substituents is 1. The van der Waals surface area contributed by atoms with Crippen molar-refractivity contribution in [1.82, 2.24) is 0 Å². The summed E-state index contributed by atoms with van der Waals surface area (Å²) in [6.07, 6.45) is -7.41. The minimum Gasteiger partial charge on any atom is -0.504 e. The first kappa shape index (κ1) is 26.0. The Kier molecular flexibility index (Phi) is 7.46. The first-order valence-corrected chi connectivity index (χ1v) is 12.1. The molecule has 37 heavy (non-hydrogen) atoms. The van der Waals surface area contributed by atoms with E-state index in [1.807, 2.05) is 12.1 Å². The quantitative estimate of drug-likeness (QED) is 0.349. The van der Waals surface area contributed by atoms with E-state index < -0.39 is 37.3 Å². The van der Waals surface area contributed by atoms with Crippen LogP contribution in [-0.2, 0) is 14.2 Å². The van der Waals surface area contributed by atoms with Crippen LogP contribution in [0.25, 0.3) is 0 Å². The number of phenols is 1. The second-order valence-corrected chi connectivity index (χ2v) is 9.49. The first-order valence-electron chi connectivity index (χ1n) is 12.1. The summed E-state index contributed by atoms with van der Waals surface area (Å²) in [4.78, 5) is 0. The number of hydrogen-bond acceptors (Lipinski definition) is 11. The molecule has 0 radical (unpaired) electrons. The topological polar surface area (TPSA) is 157 Å². The van der Waals surface area contributed by atoms with Gasteiger partial charge in [-0.3, -0.25) is 0 Å². The number of aromatic hydroxyl groups is 1. The van der Waals surface area contributed by atoms with Crippen LogP contribution in [0.3, 0.4) is 0 Å². The number of methoxy groups -OCH3 is 2. The fourth-order valence-electron chi connectivity index (χ4n) is 5.35. The summed E-state index contributed by atoms with van der Waals surface area (Å²) in [7, 11) is 2.98. The fraction of sp³-hybridized carbons (Fsp3) is 0.538. The first-order chi connectivity index (χ1) is 17.9. The minimum atomic E-state index is -1.55. The monoisotopic (exact) mass is 520 g/mol. The molecule has 3 aliphatic heterocycles. The van der Waals surface area contributed by atoms with Crippen molar-refractivity contribution in [2.75, 3.05) is 34.0 Å². The highest BCUT2D eigenvalue weighted by atomic mass is 16.7. The Hall–Kier alpha value is -2.64. The van der Waals surface area contributed by atoms with Crippen molar-refractivity contribution in [3.05, 3.63) is 47.5 Å². The molecule has 5 N–H and O–H groups in total. The smallest absolute Gasteiger partial charge is 0.229 e. The molecule has 3 aliphatic rings. The summed E-state index contributed by atoms with van der Waals surface area (Å²) in [5.74, 6) is 1.27.